The van der Waals surface area contributed by atoms with Gasteiger partial charge in [-0.1, -0.05) is 11.6 Å². The lowest BCUT2D eigenvalue weighted by Gasteiger charge is -2.09. The second kappa shape index (κ2) is 8.25. The van der Waals surface area contributed by atoms with E-state index in [9.17, 15) is 14.0 Å². The molecule has 1 aromatic heterocycles. The number of hydrogen-bond acceptors (Lipinski definition) is 4. The van der Waals surface area contributed by atoms with Gasteiger partial charge in [-0.3, -0.25) is 14.2 Å². The molecule has 7 heteroatoms. The molecule has 0 amide bonds. The van der Waals surface area contributed by atoms with Gasteiger partial charge in [0.2, 0.25) is 0 Å². The zero-order valence-electron chi connectivity index (χ0n) is 16.6. The van der Waals surface area contributed by atoms with Gasteiger partial charge in [0, 0.05) is 16.6 Å². The predicted molar refractivity (Wildman–Crippen MR) is 109 cm³/mol. The van der Waals surface area contributed by atoms with Crippen LogP contribution in [0.25, 0.3) is 10.9 Å². The van der Waals surface area contributed by atoms with Crippen molar-refractivity contribution < 1.29 is 23.5 Å². The van der Waals surface area contributed by atoms with Crippen LogP contribution < -0.4 is 4.74 Å². The van der Waals surface area contributed by atoms with Gasteiger partial charge in [-0.15, -0.1) is 0 Å². The van der Waals surface area contributed by atoms with E-state index < -0.39 is 11.8 Å². The van der Waals surface area contributed by atoms with Crippen LogP contribution in [0.5, 0.6) is 5.75 Å². The number of esters is 1. The molecule has 0 N–H and O–H groups in total. The van der Waals surface area contributed by atoms with E-state index in [1.54, 1.807) is 32.9 Å². The largest absolute Gasteiger partial charge is 0.495 e. The molecule has 0 spiro atoms. The number of halogens is 2. The van der Waals surface area contributed by atoms with Crippen LogP contribution in [0.3, 0.4) is 0 Å². The van der Waals surface area contributed by atoms with Crippen LogP contribution in [0, 0.1) is 12.7 Å². The smallest absolute Gasteiger partial charge is 0.310 e. The second-order valence-corrected chi connectivity index (χ2v) is 7.34. The van der Waals surface area contributed by atoms with Crippen molar-refractivity contribution in [3.8, 4) is 5.75 Å². The van der Waals surface area contributed by atoms with E-state index in [4.69, 9.17) is 21.1 Å². The molecule has 0 aliphatic carbocycles. The van der Waals surface area contributed by atoms with Gasteiger partial charge in [0.15, 0.2) is 0 Å². The predicted octanol–water partition coefficient (Wildman–Crippen LogP) is 4.93. The average Bonchev–Trinajstić information content (AvgIpc) is 2.91. The Bertz CT molecular complexity index is 1090. The van der Waals surface area contributed by atoms with E-state index in [-0.39, 0.29) is 18.4 Å². The summed E-state index contributed by atoms with van der Waals surface area (Å²) in [5, 5.41) is 1.00. The molecule has 0 aliphatic rings. The molecule has 0 atom stereocenters. The number of rotatable bonds is 5. The second-order valence-electron chi connectivity index (χ2n) is 6.93. The Hall–Kier alpha value is -2.86. The minimum atomic E-state index is -0.430. The Morgan fingerprint density at radius 2 is 1.83 bits per heavy atom. The summed E-state index contributed by atoms with van der Waals surface area (Å²) in [7, 11) is 1.49. The van der Waals surface area contributed by atoms with Crippen LogP contribution in [-0.4, -0.2) is 29.7 Å². The van der Waals surface area contributed by atoms with Crippen LogP contribution in [0.4, 0.5) is 4.39 Å². The zero-order valence-corrected chi connectivity index (χ0v) is 17.3. The van der Waals surface area contributed by atoms with E-state index in [0.29, 0.717) is 38.5 Å². The van der Waals surface area contributed by atoms with Gasteiger partial charge in [-0.25, -0.2) is 4.39 Å². The third kappa shape index (κ3) is 4.12. The molecule has 0 unspecified atom stereocenters. The summed E-state index contributed by atoms with van der Waals surface area (Å²) in [6, 6.07) is 8.62. The molecule has 0 saturated carbocycles. The van der Waals surface area contributed by atoms with E-state index >= 15 is 0 Å². The lowest BCUT2D eigenvalue weighted by Crippen LogP contribution is -2.16. The molecule has 0 aliphatic heterocycles. The molecule has 5 nitrogen and oxygen atoms in total. The number of aromatic nitrogens is 1. The van der Waals surface area contributed by atoms with Crippen molar-refractivity contribution in [2.45, 2.75) is 33.3 Å². The van der Waals surface area contributed by atoms with E-state index in [1.165, 1.54) is 35.9 Å². The zero-order chi connectivity index (χ0) is 21.3. The normalized spacial score (nSPS) is 11.1. The maximum Gasteiger partial charge on any atom is 0.310 e. The quantitative estimate of drug-likeness (QED) is 0.552. The molecule has 29 heavy (non-hydrogen) atoms. The maximum atomic E-state index is 13.3. The number of benzene rings is 2. The highest BCUT2D eigenvalue weighted by atomic mass is 35.5. The van der Waals surface area contributed by atoms with Crippen molar-refractivity contribution in [3.05, 3.63) is 64.1 Å². The Morgan fingerprint density at radius 1 is 1.17 bits per heavy atom. The van der Waals surface area contributed by atoms with Crippen molar-refractivity contribution in [3.63, 3.8) is 0 Å². The first-order valence-electron chi connectivity index (χ1n) is 9.10. The van der Waals surface area contributed by atoms with Crippen molar-refractivity contribution in [1.82, 2.24) is 4.57 Å². The van der Waals surface area contributed by atoms with Gasteiger partial charge in [0.1, 0.15) is 11.6 Å². The number of methoxy groups -OCH3 is 1. The average molecular weight is 418 g/mol. The topological polar surface area (TPSA) is 57.5 Å². The molecule has 2 aromatic carbocycles. The number of nitrogens with zero attached hydrogens (tertiary/aromatic N) is 1. The molecule has 0 saturated heterocycles. The van der Waals surface area contributed by atoms with Crippen LogP contribution >= 0.6 is 11.6 Å². The highest BCUT2D eigenvalue weighted by molar-refractivity contribution is 6.33. The van der Waals surface area contributed by atoms with Gasteiger partial charge in [0.05, 0.1) is 30.2 Å². The fourth-order valence-electron chi connectivity index (χ4n) is 3.29. The molecule has 0 fully saturated rings. The Labute approximate surface area is 173 Å². The molecule has 152 valence electrons. The summed E-state index contributed by atoms with van der Waals surface area (Å²) < 4.78 is 25.3. The summed E-state index contributed by atoms with van der Waals surface area (Å²) in [5.74, 6) is -0.743. The standard InChI is InChI=1S/C22H21ClFNO4/c1-12(2)29-21(26)10-16-13(3)25(22(27)14-5-7-15(24)8-6-14)19-11-18(23)20(28-4)9-17(16)19/h5-9,11-12H,10H2,1-4H3. The molecule has 0 radical (unpaired) electrons. The number of ether oxygens (including phenoxy) is 2. The van der Waals surface area contributed by atoms with Gasteiger partial charge in [0.25, 0.3) is 5.91 Å². The Kier molecular flexibility index (Phi) is 5.94. The summed E-state index contributed by atoms with van der Waals surface area (Å²) >= 11 is 6.29. The first-order valence-corrected chi connectivity index (χ1v) is 9.48. The van der Waals surface area contributed by atoms with E-state index in [0.717, 1.165) is 0 Å². The van der Waals surface area contributed by atoms with Crippen molar-refractivity contribution in [2.75, 3.05) is 7.11 Å². The summed E-state index contributed by atoms with van der Waals surface area (Å²) in [5.41, 5.74) is 2.08. The van der Waals surface area contributed by atoms with Crippen molar-refractivity contribution in [1.29, 1.82) is 0 Å². The lowest BCUT2D eigenvalue weighted by atomic mass is 10.1. The van der Waals surface area contributed by atoms with E-state index in [1.807, 2.05) is 0 Å². The van der Waals surface area contributed by atoms with Crippen LogP contribution in [0.15, 0.2) is 36.4 Å². The minimum absolute atomic E-state index is 0.00496. The van der Waals surface area contributed by atoms with Crippen LogP contribution in [0.1, 0.15) is 35.5 Å². The molecular formula is C22H21ClFNO4. The Morgan fingerprint density at radius 3 is 2.41 bits per heavy atom. The van der Waals surface area contributed by atoms with Crippen molar-refractivity contribution in [2.24, 2.45) is 0 Å². The minimum Gasteiger partial charge on any atom is -0.495 e. The third-order valence-electron chi connectivity index (χ3n) is 4.59. The fourth-order valence-corrected chi connectivity index (χ4v) is 3.53. The summed E-state index contributed by atoms with van der Waals surface area (Å²) in [6.45, 7) is 5.30. The number of hydrogen-bond donors (Lipinski definition) is 0. The number of carbonyl (C=O) groups is 2. The lowest BCUT2D eigenvalue weighted by molar-refractivity contribution is -0.146. The highest BCUT2D eigenvalue weighted by Gasteiger charge is 2.23. The van der Waals surface area contributed by atoms with Crippen molar-refractivity contribution >= 4 is 34.4 Å². The maximum absolute atomic E-state index is 13.3. The number of fused-ring (bicyclic) bond motifs is 1. The SMILES string of the molecule is COc1cc2c(CC(=O)OC(C)C)c(C)n(C(=O)c3ccc(F)cc3)c2cc1Cl. The summed E-state index contributed by atoms with van der Waals surface area (Å²) in [6.07, 6.45) is -0.254. The van der Waals surface area contributed by atoms with Gasteiger partial charge in [-0.2, -0.15) is 0 Å². The molecule has 0 bridgehead atoms. The first kappa shape index (κ1) is 20.9. The molecule has 3 rings (SSSR count). The first-order chi connectivity index (χ1) is 13.7. The highest BCUT2D eigenvalue weighted by Crippen LogP contribution is 2.35. The van der Waals surface area contributed by atoms with Gasteiger partial charge >= 0.3 is 5.97 Å². The molecule has 1 heterocycles. The van der Waals surface area contributed by atoms with Gasteiger partial charge in [-0.05, 0) is 62.7 Å². The fraction of sp³-hybridized carbons (Fsp3) is 0.273. The van der Waals surface area contributed by atoms with Crippen LogP contribution in [0.2, 0.25) is 5.02 Å². The van der Waals surface area contributed by atoms with Gasteiger partial charge < -0.3 is 9.47 Å². The molecule has 3 aromatic rings. The van der Waals surface area contributed by atoms with Crippen LogP contribution in [-0.2, 0) is 16.0 Å². The monoisotopic (exact) mass is 417 g/mol. The van der Waals surface area contributed by atoms with E-state index in [2.05, 4.69) is 0 Å². The molecular weight excluding hydrogens is 397 g/mol. The summed E-state index contributed by atoms with van der Waals surface area (Å²) in [4.78, 5) is 25.5. The third-order valence-corrected chi connectivity index (χ3v) is 4.89. The number of carbonyl (C=O) groups excluding carboxylic acids is 2. The Balaban J connectivity index is 2.20.